The van der Waals surface area contributed by atoms with Crippen LogP contribution in [0.25, 0.3) is 11.5 Å². The van der Waals surface area contributed by atoms with Crippen molar-refractivity contribution < 1.29 is 18.7 Å². The van der Waals surface area contributed by atoms with Gasteiger partial charge in [-0.2, -0.15) is 5.11 Å². The first kappa shape index (κ1) is 22.1. The van der Waals surface area contributed by atoms with Crippen molar-refractivity contribution in [1.82, 2.24) is 9.99 Å². The summed E-state index contributed by atoms with van der Waals surface area (Å²) in [6, 6.07) is 10.8. The van der Waals surface area contributed by atoms with E-state index < -0.39 is 23.9 Å². The zero-order chi connectivity index (χ0) is 24.0. The summed E-state index contributed by atoms with van der Waals surface area (Å²) in [7, 11) is 0. The van der Waals surface area contributed by atoms with E-state index in [0.717, 1.165) is 21.8 Å². The van der Waals surface area contributed by atoms with E-state index in [0.29, 0.717) is 34.7 Å². The van der Waals surface area contributed by atoms with E-state index in [2.05, 4.69) is 15.3 Å². The number of carbonyl (C=O) groups is 2. The van der Waals surface area contributed by atoms with Gasteiger partial charge >= 0.3 is 0 Å². The highest BCUT2D eigenvalue weighted by Crippen LogP contribution is 2.35. The third-order valence-corrected chi connectivity index (χ3v) is 6.30. The molecule has 2 amide bonds. The number of anilines is 1. The van der Waals surface area contributed by atoms with Gasteiger partial charge in [0.05, 0.1) is 18.8 Å². The van der Waals surface area contributed by atoms with Crippen LogP contribution in [0.4, 0.5) is 5.69 Å². The quantitative estimate of drug-likeness (QED) is 0.482. The van der Waals surface area contributed by atoms with Crippen LogP contribution in [0.2, 0.25) is 5.02 Å². The molecule has 2 unspecified atom stereocenters. The van der Waals surface area contributed by atoms with Crippen LogP contribution in [0.15, 0.2) is 57.2 Å². The summed E-state index contributed by atoms with van der Waals surface area (Å²) < 4.78 is 11.3. The summed E-state index contributed by atoms with van der Waals surface area (Å²) in [6.07, 6.45) is 0. The standard InChI is InChI=1S/C24H22ClN5O4/c1-4-33-17-9-6-15(7-10-17)22-26-19(14(3)34-22)12-29-21-20(27-28-29)23(31)30(24(21)32)16-8-5-13(2)18(25)11-16/h5-11,20-21H,4,12H2,1-3H3. The Kier molecular flexibility index (Phi) is 5.57. The van der Waals surface area contributed by atoms with Gasteiger partial charge < -0.3 is 9.15 Å². The number of oxazole rings is 1. The van der Waals surface area contributed by atoms with Crippen molar-refractivity contribution in [3.05, 3.63) is 64.5 Å². The third kappa shape index (κ3) is 3.71. The van der Waals surface area contributed by atoms with Crippen molar-refractivity contribution in [1.29, 1.82) is 0 Å². The first-order valence-electron chi connectivity index (χ1n) is 10.9. The third-order valence-electron chi connectivity index (χ3n) is 5.89. The molecule has 2 aliphatic rings. The summed E-state index contributed by atoms with van der Waals surface area (Å²) in [5.74, 6) is 0.998. The van der Waals surface area contributed by atoms with Crippen LogP contribution < -0.4 is 9.64 Å². The van der Waals surface area contributed by atoms with Gasteiger partial charge in [-0.3, -0.25) is 14.6 Å². The smallest absolute Gasteiger partial charge is 0.263 e. The van der Waals surface area contributed by atoms with Gasteiger partial charge in [-0.1, -0.05) is 22.9 Å². The van der Waals surface area contributed by atoms with Crippen molar-refractivity contribution >= 4 is 29.1 Å². The van der Waals surface area contributed by atoms with Crippen molar-refractivity contribution in [2.75, 3.05) is 11.5 Å². The van der Waals surface area contributed by atoms with Crippen LogP contribution in [0.1, 0.15) is 23.9 Å². The number of hydrogen-bond acceptors (Lipinski definition) is 8. The number of ether oxygens (including phenoxy) is 1. The maximum absolute atomic E-state index is 13.2. The van der Waals surface area contributed by atoms with Gasteiger partial charge in [-0.25, -0.2) is 9.88 Å². The van der Waals surface area contributed by atoms with Crippen LogP contribution in [0.5, 0.6) is 5.75 Å². The molecule has 10 heteroatoms. The number of amides is 2. The Balaban J connectivity index is 1.36. The highest BCUT2D eigenvalue weighted by Gasteiger charge is 2.55. The minimum absolute atomic E-state index is 0.179. The van der Waals surface area contributed by atoms with E-state index >= 15 is 0 Å². The largest absolute Gasteiger partial charge is 0.494 e. The summed E-state index contributed by atoms with van der Waals surface area (Å²) in [5.41, 5.74) is 2.69. The van der Waals surface area contributed by atoms with Gasteiger partial charge in [0.1, 0.15) is 17.2 Å². The molecule has 9 nitrogen and oxygen atoms in total. The molecule has 174 valence electrons. The number of aryl methyl sites for hydroxylation is 2. The van der Waals surface area contributed by atoms with Crippen LogP contribution >= 0.6 is 11.6 Å². The van der Waals surface area contributed by atoms with Gasteiger partial charge in [-0.05, 0) is 62.7 Å². The number of rotatable bonds is 6. The van der Waals surface area contributed by atoms with Gasteiger partial charge in [-0.15, -0.1) is 0 Å². The number of halogens is 1. The Bertz CT molecular complexity index is 1300. The Morgan fingerprint density at radius 3 is 2.56 bits per heavy atom. The highest BCUT2D eigenvalue weighted by molar-refractivity contribution is 6.32. The van der Waals surface area contributed by atoms with Crippen LogP contribution in [-0.4, -0.2) is 40.5 Å². The maximum Gasteiger partial charge on any atom is 0.263 e. The predicted octanol–water partition coefficient (Wildman–Crippen LogP) is 4.50. The molecule has 2 aromatic carbocycles. The van der Waals surface area contributed by atoms with Gasteiger partial charge in [0.15, 0.2) is 12.1 Å². The molecule has 1 aromatic heterocycles. The molecule has 3 aromatic rings. The van der Waals surface area contributed by atoms with E-state index in [1.54, 1.807) is 25.1 Å². The Hall–Kier alpha value is -3.72. The summed E-state index contributed by atoms with van der Waals surface area (Å²) in [4.78, 5) is 31.9. The summed E-state index contributed by atoms with van der Waals surface area (Å²) in [5, 5.41) is 10.1. The molecule has 0 N–H and O–H groups in total. The number of fused-ring (bicyclic) bond motifs is 1. The molecular formula is C24H22ClN5O4. The number of aromatic nitrogens is 1. The molecule has 0 spiro atoms. The van der Waals surface area contributed by atoms with Crippen LogP contribution in [-0.2, 0) is 16.1 Å². The highest BCUT2D eigenvalue weighted by atomic mass is 35.5. The predicted molar refractivity (Wildman–Crippen MR) is 125 cm³/mol. The summed E-state index contributed by atoms with van der Waals surface area (Å²) in [6.45, 7) is 6.34. The monoisotopic (exact) mass is 479 g/mol. The zero-order valence-electron chi connectivity index (χ0n) is 18.9. The van der Waals surface area contributed by atoms with Crippen molar-refractivity contribution in [2.24, 2.45) is 10.3 Å². The lowest BCUT2D eigenvalue weighted by Crippen LogP contribution is -2.39. The molecule has 0 saturated carbocycles. The number of carbonyl (C=O) groups excluding carboxylic acids is 2. The number of imide groups is 1. The second-order valence-corrected chi connectivity index (χ2v) is 8.52. The van der Waals surface area contributed by atoms with E-state index in [4.69, 9.17) is 20.8 Å². The lowest BCUT2D eigenvalue weighted by atomic mass is 10.1. The van der Waals surface area contributed by atoms with E-state index in [9.17, 15) is 9.59 Å². The molecule has 0 aliphatic carbocycles. The average molecular weight is 480 g/mol. The first-order chi connectivity index (χ1) is 16.4. The second kappa shape index (κ2) is 8.57. The average Bonchev–Trinajstić information content (AvgIpc) is 3.47. The minimum Gasteiger partial charge on any atom is -0.494 e. The number of benzene rings is 2. The SMILES string of the molecule is CCOc1ccc(-c2nc(CN3N=NC4C(=O)N(c5ccc(C)c(Cl)c5)C(=O)C43)c(C)o2)cc1. The molecule has 1 saturated heterocycles. The fourth-order valence-electron chi connectivity index (χ4n) is 4.04. The fraction of sp³-hybridized carbons (Fsp3) is 0.292. The lowest BCUT2D eigenvalue weighted by molar-refractivity contribution is -0.123. The Morgan fingerprint density at radius 2 is 1.85 bits per heavy atom. The van der Waals surface area contributed by atoms with E-state index in [-0.39, 0.29) is 6.54 Å². The van der Waals surface area contributed by atoms with Crippen molar-refractivity contribution in [2.45, 2.75) is 39.4 Å². The Morgan fingerprint density at radius 1 is 1.09 bits per heavy atom. The molecule has 0 radical (unpaired) electrons. The molecule has 0 bridgehead atoms. The van der Waals surface area contributed by atoms with E-state index in [1.807, 2.05) is 38.1 Å². The van der Waals surface area contributed by atoms with Crippen molar-refractivity contribution in [3.8, 4) is 17.2 Å². The molecule has 2 aliphatic heterocycles. The number of hydrogen-bond donors (Lipinski definition) is 0. The molecule has 34 heavy (non-hydrogen) atoms. The molecule has 2 atom stereocenters. The van der Waals surface area contributed by atoms with Gasteiger partial charge in [0, 0.05) is 10.6 Å². The van der Waals surface area contributed by atoms with Crippen molar-refractivity contribution in [3.63, 3.8) is 0 Å². The topological polar surface area (TPSA) is 101 Å². The lowest BCUT2D eigenvalue weighted by Gasteiger charge is -2.20. The van der Waals surface area contributed by atoms with E-state index in [1.165, 1.54) is 5.01 Å². The summed E-state index contributed by atoms with van der Waals surface area (Å²) >= 11 is 6.21. The normalized spacial score (nSPS) is 19.3. The fourth-order valence-corrected chi connectivity index (χ4v) is 4.22. The molecule has 3 heterocycles. The number of nitrogens with zero attached hydrogens (tertiary/aromatic N) is 5. The minimum atomic E-state index is -0.898. The first-order valence-corrected chi connectivity index (χ1v) is 11.3. The zero-order valence-corrected chi connectivity index (χ0v) is 19.6. The maximum atomic E-state index is 13.2. The Labute approximate surface area is 201 Å². The second-order valence-electron chi connectivity index (χ2n) is 8.12. The molecular weight excluding hydrogens is 458 g/mol. The van der Waals surface area contributed by atoms with Gasteiger partial charge in [0.2, 0.25) is 5.89 Å². The van der Waals surface area contributed by atoms with Crippen LogP contribution in [0.3, 0.4) is 0 Å². The molecule has 1 fully saturated rings. The van der Waals surface area contributed by atoms with Gasteiger partial charge in [0.25, 0.3) is 11.8 Å². The molecule has 5 rings (SSSR count). The van der Waals surface area contributed by atoms with Crippen LogP contribution in [0, 0.1) is 13.8 Å².